The molecule has 1 N–H and O–H groups in total. The normalized spacial score (nSPS) is 17.4. The molecule has 1 aliphatic rings. The molecule has 1 aromatic heterocycles. The Morgan fingerprint density at radius 1 is 1.20 bits per heavy atom. The molecule has 20 heavy (non-hydrogen) atoms. The molecular weight excluding hydrogens is 256 g/mol. The highest BCUT2D eigenvalue weighted by Gasteiger charge is 2.27. The lowest BCUT2D eigenvalue weighted by Gasteiger charge is -2.10. The molecule has 2 aromatic rings. The predicted octanol–water partition coefficient (Wildman–Crippen LogP) is 2.43. The lowest BCUT2D eigenvalue weighted by molar-refractivity contribution is -0.385. The summed E-state index contributed by atoms with van der Waals surface area (Å²) in [5.74, 6) is 0. The summed E-state index contributed by atoms with van der Waals surface area (Å²) in [5.41, 5.74) is 5.33. The average Bonchev–Trinajstić information content (AvgIpc) is 2.98. The van der Waals surface area contributed by atoms with Crippen LogP contribution >= 0.6 is 0 Å². The van der Waals surface area contributed by atoms with Crippen molar-refractivity contribution in [3.63, 3.8) is 0 Å². The highest BCUT2D eigenvalue weighted by molar-refractivity contribution is 6.00. The van der Waals surface area contributed by atoms with E-state index in [4.69, 9.17) is 0 Å². The number of nitrogens with one attached hydrogen (secondary N) is 1. The molecule has 0 fully saturated rings. The zero-order valence-electron chi connectivity index (χ0n) is 10.6. The molecule has 1 aromatic carbocycles. The summed E-state index contributed by atoms with van der Waals surface area (Å²) in [6.07, 6.45) is 2.29. The third kappa shape index (κ3) is 2.23. The second-order valence-corrected chi connectivity index (χ2v) is 4.48. The van der Waals surface area contributed by atoms with E-state index in [1.807, 2.05) is 18.2 Å². The van der Waals surface area contributed by atoms with Gasteiger partial charge in [-0.15, -0.1) is 0 Å². The van der Waals surface area contributed by atoms with Crippen LogP contribution in [0.3, 0.4) is 0 Å². The smallest absolute Gasteiger partial charge is 0.274 e. The predicted molar refractivity (Wildman–Crippen MR) is 74.4 cm³/mol. The van der Waals surface area contributed by atoms with E-state index in [1.54, 1.807) is 24.4 Å². The van der Waals surface area contributed by atoms with Crippen molar-refractivity contribution >= 4 is 11.4 Å². The third-order valence-corrected chi connectivity index (χ3v) is 3.22. The number of aromatic nitrogens is 1. The van der Waals surface area contributed by atoms with Crippen molar-refractivity contribution in [3.8, 4) is 0 Å². The first-order valence-electron chi connectivity index (χ1n) is 6.22. The summed E-state index contributed by atoms with van der Waals surface area (Å²) < 4.78 is 0. The Morgan fingerprint density at radius 3 is 2.75 bits per heavy atom. The lowest BCUT2D eigenvalue weighted by atomic mass is 10.00. The maximum atomic E-state index is 11.1. The van der Waals surface area contributed by atoms with E-state index in [0.29, 0.717) is 12.0 Å². The van der Waals surface area contributed by atoms with Gasteiger partial charge in [0, 0.05) is 18.7 Å². The topological polar surface area (TPSA) is 80.4 Å². The van der Waals surface area contributed by atoms with Crippen LogP contribution < -0.4 is 5.43 Å². The van der Waals surface area contributed by atoms with Crippen LogP contribution in [0.15, 0.2) is 53.8 Å². The van der Waals surface area contributed by atoms with Crippen molar-refractivity contribution in [2.24, 2.45) is 5.10 Å². The van der Waals surface area contributed by atoms with Crippen molar-refractivity contribution in [2.45, 2.75) is 12.5 Å². The van der Waals surface area contributed by atoms with Gasteiger partial charge in [-0.25, -0.2) is 0 Å². The minimum atomic E-state index is -0.365. The minimum Gasteiger partial charge on any atom is -0.302 e. The van der Waals surface area contributed by atoms with E-state index in [9.17, 15) is 10.1 Å². The van der Waals surface area contributed by atoms with Gasteiger partial charge in [0.2, 0.25) is 0 Å². The quantitative estimate of drug-likeness (QED) is 0.684. The number of nitro groups is 1. The summed E-state index contributed by atoms with van der Waals surface area (Å²) in [4.78, 5) is 14.9. The fourth-order valence-corrected chi connectivity index (χ4v) is 2.26. The molecule has 0 bridgehead atoms. The van der Waals surface area contributed by atoms with Crippen molar-refractivity contribution in [1.82, 2.24) is 10.4 Å². The van der Waals surface area contributed by atoms with Gasteiger partial charge in [0.25, 0.3) is 5.69 Å². The molecular formula is C14H12N4O2. The largest absolute Gasteiger partial charge is 0.302 e. The Morgan fingerprint density at radius 2 is 2.00 bits per heavy atom. The standard InChI is InChI=1S/C14H12N4O2/c19-18(20)14-7-2-1-5-10(14)12-9-13(17-16-12)11-6-3-4-8-15-11/h1-8,12,16H,9H2. The van der Waals surface area contributed by atoms with E-state index >= 15 is 0 Å². The maximum Gasteiger partial charge on any atom is 0.274 e. The van der Waals surface area contributed by atoms with Gasteiger partial charge in [-0.2, -0.15) is 5.10 Å². The molecule has 3 rings (SSSR count). The second-order valence-electron chi connectivity index (χ2n) is 4.48. The number of para-hydroxylation sites is 1. The van der Waals surface area contributed by atoms with E-state index in [-0.39, 0.29) is 16.7 Å². The molecule has 1 unspecified atom stereocenters. The molecule has 0 aliphatic carbocycles. The first kappa shape index (κ1) is 12.3. The zero-order valence-corrected chi connectivity index (χ0v) is 10.6. The van der Waals surface area contributed by atoms with Gasteiger partial charge in [-0.3, -0.25) is 15.1 Å². The number of benzene rings is 1. The van der Waals surface area contributed by atoms with Crippen LogP contribution in [0.2, 0.25) is 0 Å². The summed E-state index contributed by atoms with van der Waals surface area (Å²) >= 11 is 0. The Kier molecular flexibility index (Phi) is 3.12. The number of hydrazone groups is 1. The van der Waals surface area contributed by atoms with Crippen molar-refractivity contribution in [1.29, 1.82) is 0 Å². The molecule has 0 radical (unpaired) electrons. The number of nitro benzene ring substituents is 1. The van der Waals surface area contributed by atoms with Crippen molar-refractivity contribution in [2.75, 3.05) is 0 Å². The Bertz CT molecular complexity index is 670. The number of nitrogens with zero attached hydrogens (tertiary/aromatic N) is 3. The fourth-order valence-electron chi connectivity index (χ4n) is 2.26. The van der Waals surface area contributed by atoms with Gasteiger partial charge in [-0.1, -0.05) is 24.3 Å². The first-order valence-corrected chi connectivity index (χ1v) is 6.22. The monoisotopic (exact) mass is 268 g/mol. The molecule has 1 aliphatic heterocycles. The number of pyridine rings is 1. The van der Waals surface area contributed by atoms with E-state index in [0.717, 1.165) is 11.4 Å². The van der Waals surface area contributed by atoms with Gasteiger partial charge in [-0.05, 0) is 12.1 Å². The number of hydrogen-bond donors (Lipinski definition) is 1. The lowest BCUT2D eigenvalue weighted by Crippen LogP contribution is -2.12. The fraction of sp³-hybridized carbons (Fsp3) is 0.143. The van der Waals surface area contributed by atoms with Crippen molar-refractivity contribution in [3.05, 3.63) is 70.0 Å². The first-order chi connectivity index (χ1) is 9.75. The number of rotatable bonds is 3. The molecule has 6 heteroatoms. The van der Waals surface area contributed by atoms with Gasteiger partial charge in [0.05, 0.1) is 27.9 Å². The van der Waals surface area contributed by atoms with E-state index < -0.39 is 0 Å². The summed E-state index contributed by atoms with van der Waals surface area (Å²) in [7, 11) is 0. The Balaban J connectivity index is 1.85. The van der Waals surface area contributed by atoms with Gasteiger partial charge in [0.15, 0.2) is 0 Å². The Hall–Kier alpha value is -2.76. The molecule has 100 valence electrons. The third-order valence-electron chi connectivity index (χ3n) is 3.22. The van der Waals surface area contributed by atoms with Crippen LogP contribution in [0.1, 0.15) is 23.7 Å². The number of hydrogen-bond acceptors (Lipinski definition) is 5. The maximum absolute atomic E-state index is 11.1. The van der Waals surface area contributed by atoms with Crippen LogP contribution in [-0.2, 0) is 0 Å². The van der Waals surface area contributed by atoms with Crippen LogP contribution in [-0.4, -0.2) is 15.6 Å². The van der Waals surface area contributed by atoms with E-state index in [2.05, 4.69) is 15.5 Å². The molecule has 0 spiro atoms. The highest BCUT2D eigenvalue weighted by Crippen LogP contribution is 2.30. The van der Waals surface area contributed by atoms with Crippen LogP contribution in [0.4, 0.5) is 5.69 Å². The molecule has 0 amide bonds. The molecule has 2 heterocycles. The van der Waals surface area contributed by atoms with Gasteiger partial charge < -0.3 is 5.43 Å². The van der Waals surface area contributed by atoms with Gasteiger partial charge >= 0.3 is 0 Å². The molecule has 0 saturated heterocycles. The average molecular weight is 268 g/mol. The minimum absolute atomic E-state index is 0.113. The Labute approximate surface area is 115 Å². The molecule has 1 atom stereocenters. The highest BCUT2D eigenvalue weighted by atomic mass is 16.6. The summed E-state index contributed by atoms with van der Waals surface area (Å²) in [6, 6.07) is 12.1. The van der Waals surface area contributed by atoms with Crippen LogP contribution in [0, 0.1) is 10.1 Å². The zero-order chi connectivity index (χ0) is 13.9. The summed E-state index contributed by atoms with van der Waals surface area (Å²) in [6.45, 7) is 0. The SMILES string of the molecule is O=[N+]([O-])c1ccccc1C1CC(c2ccccn2)=NN1. The molecule has 0 saturated carbocycles. The van der Waals surface area contributed by atoms with Crippen LogP contribution in [0.25, 0.3) is 0 Å². The molecule has 6 nitrogen and oxygen atoms in total. The second kappa shape index (κ2) is 5.08. The summed E-state index contributed by atoms with van der Waals surface area (Å²) in [5, 5.41) is 15.3. The van der Waals surface area contributed by atoms with Gasteiger partial charge in [0.1, 0.15) is 0 Å². The van der Waals surface area contributed by atoms with E-state index in [1.165, 1.54) is 6.07 Å². The van der Waals surface area contributed by atoms with Crippen molar-refractivity contribution < 1.29 is 4.92 Å². The van der Waals surface area contributed by atoms with Crippen LogP contribution in [0.5, 0.6) is 0 Å².